The number of rotatable bonds is 9. The number of amides is 1. The van der Waals surface area contributed by atoms with Gasteiger partial charge in [-0.2, -0.15) is 0 Å². The lowest BCUT2D eigenvalue weighted by Gasteiger charge is -2.33. The molecule has 37 heavy (non-hydrogen) atoms. The zero-order valence-corrected chi connectivity index (χ0v) is 22.9. The monoisotopic (exact) mass is 543 g/mol. The van der Waals surface area contributed by atoms with Crippen LogP contribution < -0.4 is 0 Å². The molecule has 0 bridgehead atoms. The summed E-state index contributed by atoms with van der Waals surface area (Å²) in [6.45, 7) is 7.35. The second-order valence-electron chi connectivity index (χ2n) is 9.80. The molecule has 3 rings (SSSR count). The summed E-state index contributed by atoms with van der Waals surface area (Å²) in [6.07, 6.45) is -0.270. The lowest BCUT2D eigenvalue weighted by Crippen LogP contribution is -2.45. The van der Waals surface area contributed by atoms with Crippen LogP contribution in [0.15, 0.2) is 76.5 Å². The summed E-state index contributed by atoms with van der Waals surface area (Å²) in [6, 6.07) is 18.5. The molecule has 0 spiro atoms. The van der Waals surface area contributed by atoms with Crippen molar-refractivity contribution in [2.75, 3.05) is 6.54 Å². The van der Waals surface area contributed by atoms with Crippen molar-refractivity contribution in [3.05, 3.63) is 94.3 Å². The summed E-state index contributed by atoms with van der Waals surface area (Å²) in [5.41, 5.74) is 1.21. The molecule has 0 saturated heterocycles. The number of hydrogen-bond donors (Lipinski definition) is 1. The maximum atomic E-state index is 13.4. The summed E-state index contributed by atoms with van der Waals surface area (Å²) in [7, 11) is 0. The lowest BCUT2D eigenvalue weighted by molar-refractivity contribution is 0.00547. The molecule has 0 saturated carbocycles. The summed E-state index contributed by atoms with van der Waals surface area (Å²) >= 11 is 7.45. The number of halogens is 2. The van der Waals surface area contributed by atoms with Crippen LogP contribution in [-0.4, -0.2) is 40.6 Å². The summed E-state index contributed by atoms with van der Waals surface area (Å²) in [5.74, 6) is -0.453. The van der Waals surface area contributed by atoms with E-state index >= 15 is 0 Å². The molecule has 0 aliphatic carbocycles. The Kier molecular flexibility index (Phi) is 9.76. The molecule has 0 aromatic heterocycles. The normalized spacial score (nSPS) is 13.1. The van der Waals surface area contributed by atoms with E-state index in [-0.39, 0.29) is 12.6 Å². The second kappa shape index (κ2) is 12.6. The van der Waals surface area contributed by atoms with E-state index < -0.39 is 23.6 Å². The number of carbonyl (C=O) groups is 2. The van der Waals surface area contributed by atoms with Crippen LogP contribution in [0.2, 0.25) is 5.02 Å². The van der Waals surface area contributed by atoms with Crippen molar-refractivity contribution in [2.24, 2.45) is 0 Å². The Morgan fingerprint density at radius 3 is 2.46 bits per heavy atom. The van der Waals surface area contributed by atoms with Crippen molar-refractivity contribution >= 4 is 35.7 Å². The first-order valence-electron chi connectivity index (χ1n) is 11.9. The molecule has 5 nitrogen and oxygen atoms in total. The third-order valence-electron chi connectivity index (χ3n) is 5.54. The maximum absolute atomic E-state index is 13.4. The van der Waals surface area contributed by atoms with E-state index in [0.717, 1.165) is 10.5 Å². The highest BCUT2D eigenvalue weighted by Crippen LogP contribution is 2.31. The number of benzene rings is 3. The van der Waals surface area contributed by atoms with E-state index in [1.165, 1.54) is 28.8 Å². The molecular weight excluding hydrogens is 513 g/mol. The Hall–Kier alpha value is -2.87. The summed E-state index contributed by atoms with van der Waals surface area (Å²) in [4.78, 5) is 27.5. The SMILES string of the molecule is C[C@H](Cc1ccc(Sc2ccc(F)cc2C=O)cc1)N(C[C@H](O)c1cccc(Cl)c1)C(=O)OC(C)(C)C. The maximum Gasteiger partial charge on any atom is 0.410 e. The van der Waals surface area contributed by atoms with Crippen LogP contribution in [0.1, 0.15) is 55.3 Å². The highest BCUT2D eigenvalue weighted by Gasteiger charge is 2.28. The molecular formula is C29H31ClFNO4S. The average Bonchev–Trinajstić information content (AvgIpc) is 2.83. The first-order valence-corrected chi connectivity index (χ1v) is 13.1. The molecule has 0 fully saturated rings. The summed E-state index contributed by atoms with van der Waals surface area (Å²) in [5, 5.41) is 11.4. The fraction of sp³-hybridized carbons (Fsp3) is 0.310. The van der Waals surface area contributed by atoms with Gasteiger partial charge in [0.05, 0.1) is 12.6 Å². The van der Waals surface area contributed by atoms with Crippen LogP contribution >= 0.6 is 23.4 Å². The predicted molar refractivity (Wildman–Crippen MR) is 145 cm³/mol. The van der Waals surface area contributed by atoms with Gasteiger partial charge in [-0.15, -0.1) is 0 Å². The molecule has 0 aliphatic rings. The molecule has 8 heteroatoms. The van der Waals surface area contributed by atoms with Gasteiger partial charge in [-0.3, -0.25) is 4.79 Å². The zero-order chi connectivity index (χ0) is 27.2. The van der Waals surface area contributed by atoms with Gasteiger partial charge in [0.1, 0.15) is 11.4 Å². The molecule has 0 radical (unpaired) electrons. The van der Waals surface area contributed by atoms with E-state index in [4.69, 9.17) is 16.3 Å². The largest absolute Gasteiger partial charge is 0.444 e. The first-order chi connectivity index (χ1) is 17.4. The van der Waals surface area contributed by atoms with Crippen LogP contribution in [0.5, 0.6) is 0 Å². The van der Waals surface area contributed by atoms with Crippen molar-refractivity contribution in [1.29, 1.82) is 0 Å². The standard InChI is InChI=1S/C29H31ClFNO4S/c1-19(14-20-8-11-25(12-9-20)37-27-13-10-24(31)16-22(27)18-33)32(28(35)36-29(2,3)4)17-26(34)21-6-5-7-23(30)15-21/h5-13,15-16,18-19,26,34H,14,17H2,1-4H3/t19-,26+/m1/s1. The molecule has 1 N–H and O–H groups in total. The number of aldehydes is 1. The smallest absolute Gasteiger partial charge is 0.410 e. The highest BCUT2D eigenvalue weighted by molar-refractivity contribution is 7.99. The lowest BCUT2D eigenvalue weighted by atomic mass is 10.0. The Morgan fingerprint density at radius 1 is 1.14 bits per heavy atom. The fourth-order valence-corrected chi connectivity index (χ4v) is 4.82. The van der Waals surface area contributed by atoms with Crippen molar-refractivity contribution in [3.63, 3.8) is 0 Å². The van der Waals surface area contributed by atoms with Crippen LogP contribution in [0.25, 0.3) is 0 Å². The van der Waals surface area contributed by atoms with Gasteiger partial charge in [-0.25, -0.2) is 9.18 Å². The topological polar surface area (TPSA) is 66.8 Å². The van der Waals surface area contributed by atoms with E-state index in [1.807, 2.05) is 31.2 Å². The van der Waals surface area contributed by atoms with Gasteiger partial charge in [0.2, 0.25) is 0 Å². The van der Waals surface area contributed by atoms with Crippen LogP contribution in [0.4, 0.5) is 9.18 Å². The second-order valence-corrected chi connectivity index (χ2v) is 11.4. The molecule has 2 atom stereocenters. The van der Waals surface area contributed by atoms with E-state index in [1.54, 1.807) is 51.1 Å². The van der Waals surface area contributed by atoms with E-state index in [0.29, 0.717) is 33.8 Å². The highest BCUT2D eigenvalue weighted by atomic mass is 35.5. The number of aliphatic hydroxyl groups is 1. The molecule has 0 aliphatic heterocycles. The molecule has 3 aromatic rings. The number of aliphatic hydroxyl groups excluding tert-OH is 1. The number of hydrogen-bond acceptors (Lipinski definition) is 5. The predicted octanol–water partition coefficient (Wildman–Crippen LogP) is 7.34. The van der Waals surface area contributed by atoms with Gasteiger partial charge in [0.15, 0.2) is 6.29 Å². The Bertz CT molecular complexity index is 1230. The minimum atomic E-state index is -0.935. The Labute approximate surface area is 226 Å². The fourth-order valence-electron chi connectivity index (χ4n) is 3.74. The average molecular weight is 544 g/mol. The van der Waals surface area contributed by atoms with Crippen LogP contribution in [0.3, 0.4) is 0 Å². The Morgan fingerprint density at radius 2 is 1.84 bits per heavy atom. The molecule has 1 amide bonds. The van der Waals surface area contributed by atoms with Crippen molar-refractivity contribution in [3.8, 4) is 0 Å². The minimum absolute atomic E-state index is 0.0450. The summed E-state index contributed by atoms with van der Waals surface area (Å²) < 4.78 is 19.1. The van der Waals surface area contributed by atoms with E-state index in [2.05, 4.69) is 0 Å². The van der Waals surface area contributed by atoms with Gasteiger partial charge >= 0.3 is 6.09 Å². The van der Waals surface area contributed by atoms with Crippen molar-refractivity contribution in [1.82, 2.24) is 4.90 Å². The molecule has 0 heterocycles. The van der Waals surface area contributed by atoms with Crippen molar-refractivity contribution in [2.45, 2.75) is 61.7 Å². The molecule has 196 valence electrons. The van der Waals surface area contributed by atoms with Gasteiger partial charge < -0.3 is 14.7 Å². The number of nitrogens with zero attached hydrogens (tertiary/aromatic N) is 1. The molecule has 0 unspecified atom stereocenters. The number of carbonyl (C=O) groups excluding carboxylic acids is 2. The Balaban J connectivity index is 1.74. The van der Waals surface area contributed by atoms with Gasteiger partial charge in [0.25, 0.3) is 0 Å². The third-order valence-corrected chi connectivity index (χ3v) is 6.88. The van der Waals surface area contributed by atoms with E-state index in [9.17, 15) is 19.1 Å². The first kappa shape index (κ1) is 28.7. The zero-order valence-electron chi connectivity index (χ0n) is 21.3. The third kappa shape index (κ3) is 8.59. The van der Waals surface area contributed by atoms with Gasteiger partial charge in [-0.05, 0) is 87.7 Å². The van der Waals surface area contributed by atoms with Crippen LogP contribution in [0, 0.1) is 5.82 Å². The van der Waals surface area contributed by atoms with Crippen molar-refractivity contribution < 1.29 is 23.8 Å². The van der Waals surface area contributed by atoms with Gasteiger partial charge in [0, 0.05) is 26.4 Å². The van der Waals surface area contributed by atoms with Gasteiger partial charge in [-0.1, -0.05) is 47.6 Å². The molecule has 3 aromatic carbocycles. The van der Waals surface area contributed by atoms with Crippen LogP contribution in [-0.2, 0) is 11.2 Å². The minimum Gasteiger partial charge on any atom is -0.444 e. The quantitative estimate of drug-likeness (QED) is 0.286. The number of ether oxygens (including phenoxy) is 1.